The van der Waals surface area contributed by atoms with Crippen LogP contribution in [0.25, 0.3) is 0 Å². The van der Waals surface area contributed by atoms with Crippen LogP contribution >= 0.6 is 0 Å². The van der Waals surface area contributed by atoms with Gasteiger partial charge in [0.2, 0.25) is 0 Å². The molecule has 0 aromatic heterocycles. The van der Waals surface area contributed by atoms with E-state index in [9.17, 15) is 0 Å². The molecule has 0 fully saturated rings. The number of nitrogens with one attached hydrogen (secondary N) is 1. The number of rotatable bonds is 5. The maximum atomic E-state index is 3.69. The van der Waals surface area contributed by atoms with E-state index in [1.807, 2.05) is 6.08 Å². The topological polar surface area (TPSA) is 12.0 Å². The van der Waals surface area contributed by atoms with Crippen LogP contribution in [0.5, 0.6) is 0 Å². The van der Waals surface area contributed by atoms with Gasteiger partial charge >= 0.3 is 0 Å². The van der Waals surface area contributed by atoms with E-state index in [0.717, 1.165) is 6.42 Å². The smallest absolute Gasteiger partial charge is 0.0466 e. The van der Waals surface area contributed by atoms with Gasteiger partial charge in [0.15, 0.2) is 0 Å². The van der Waals surface area contributed by atoms with Gasteiger partial charge in [-0.1, -0.05) is 37.3 Å². The minimum absolute atomic E-state index is 0.488. The average Bonchev–Trinajstić information content (AvgIpc) is 2.51. The van der Waals surface area contributed by atoms with Gasteiger partial charge in [-0.2, -0.15) is 0 Å². The van der Waals surface area contributed by atoms with Crippen molar-refractivity contribution < 1.29 is 0 Å². The third kappa shape index (κ3) is 5.58. The molecule has 0 saturated heterocycles. The Hall–Kier alpha value is -1.24. The minimum atomic E-state index is 0.488. The summed E-state index contributed by atoms with van der Waals surface area (Å²) in [7, 11) is 0. The molecule has 17 heavy (non-hydrogen) atoms. The van der Waals surface area contributed by atoms with Gasteiger partial charge in [-0.3, -0.25) is 0 Å². The Bertz CT molecular complexity index is 309. The zero-order valence-corrected chi connectivity index (χ0v) is 11.2. The molecule has 0 spiro atoms. The predicted octanol–water partition coefficient (Wildman–Crippen LogP) is 4.36. The summed E-state index contributed by atoms with van der Waals surface area (Å²) >= 11 is 0. The highest BCUT2D eigenvalue weighted by Crippen LogP contribution is 2.18. The molecule has 0 heterocycles. The van der Waals surface area contributed by atoms with Gasteiger partial charge in [0.25, 0.3) is 0 Å². The molecule has 0 amide bonds. The van der Waals surface area contributed by atoms with Crippen molar-refractivity contribution in [1.82, 2.24) is 5.32 Å². The van der Waals surface area contributed by atoms with Gasteiger partial charge in [-0.05, 0) is 44.6 Å². The predicted molar refractivity (Wildman–Crippen MR) is 76.8 cm³/mol. The fourth-order valence-corrected chi connectivity index (χ4v) is 2.06. The lowest BCUT2D eigenvalue weighted by molar-refractivity contribution is 0.435. The van der Waals surface area contributed by atoms with Crippen molar-refractivity contribution in [3.8, 4) is 0 Å². The van der Waals surface area contributed by atoms with Crippen LogP contribution in [-0.2, 0) is 0 Å². The molecule has 94 valence electrons. The summed E-state index contributed by atoms with van der Waals surface area (Å²) in [6.07, 6.45) is 17.7. The van der Waals surface area contributed by atoms with Gasteiger partial charge in [0, 0.05) is 11.7 Å². The summed E-state index contributed by atoms with van der Waals surface area (Å²) in [4.78, 5) is 0. The van der Waals surface area contributed by atoms with Crippen LogP contribution in [0.4, 0.5) is 0 Å². The fourth-order valence-electron chi connectivity index (χ4n) is 2.06. The van der Waals surface area contributed by atoms with Gasteiger partial charge in [0.1, 0.15) is 0 Å². The zero-order chi connectivity index (χ0) is 12.5. The second kappa shape index (κ2) is 7.94. The zero-order valence-electron chi connectivity index (χ0n) is 11.2. The molecule has 1 N–H and O–H groups in total. The lowest BCUT2D eigenvalue weighted by atomic mass is 9.98. The summed E-state index contributed by atoms with van der Waals surface area (Å²) in [5.74, 6) is 0.717. The molecule has 0 aromatic rings. The van der Waals surface area contributed by atoms with Crippen LogP contribution in [0.15, 0.2) is 48.7 Å². The summed E-state index contributed by atoms with van der Waals surface area (Å²) in [5, 5.41) is 3.58. The van der Waals surface area contributed by atoms with Crippen molar-refractivity contribution in [3.63, 3.8) is 0 Å². The molecule has 0 bridgehead atoms. The van der Waals surface area contributed by atoms with Gasteiger partial charge in [-0.25, -0.2) is 0 Å². The van der Waals surface area contributed by atoms with E-state index in [2.05, 4.69) is 56.1 Å². The van der Waals surface area contributed by atoms with Crippen LogP contribution in [0, 0.1) is 5.92 Å². The van der Waals surface area contributed by atoms with Crippen molar-refractivity contribution in [2.45, 2.75) is 45.6 Å². The van der Waals surface area contributed by atoms with Crippen LogP contribution in [0.1, 0.15) is 39.5 Å². The Labute approximate surface area is 106 Å². The lowest BCUT2D eigenvalue weighted by Crippen LogP contribution is -2.31. The molecule has 1 rings (SSSR count). The van der Waals surface area contributed by atoms with Crippen molar-refractivity contribution in [2.75, 3.05) is 0 Å². The molecule has 1 aliphatic carbocycles. The third-order valence-corrected chi connectivity index (χ3v) is 3.17. The number of allylic oxidation sites excluding steroid dienone is 6. The van der Waals surface area contributed by atoms with E-state index < -0.39 is 0 Å². The Morgan fingerprint density at radius 1 is 1.53 bits per heavy atom. The largest absolute Gasteiger partial charge is 0.382 e. The lowest BCUT2D eigenvalue weighted by Gasteiger charge is -2.22. The summed E-state index contributed by atoms with van der Waals surface area (Å²) in [6.45, 7) is 8.15. The monoisotopic (exact) mass is 231 g/mol. The first-order valence-corrected chi connectivity index (χ1v) is 6.61. The molecule has 1 nitrogen and oxygen atoms in total. The first-order valence-electron chi connectivity index (χ1n) is 6.61. The van der Waals surface area contributed by atoms with Crippen molar-refractivity contribution >= 4 is 0 Å². The normalized spacial score (nSPS) is 25.9. The molecule has 2 unspecified atom stereocenters. The van der Waals surface area contributed by atoms with Crippen LogP contribution in [0.3, 0.4) is 0 Å². The molecule has 2 atom stereocenters. The summed E-state index contributed by atoms with van der Waals surface area (Å²) in [5.41, 5.74) is 1.23. The van der Waals surface area contributed by atoms with E-state index in [4.69, 9.17) is 0 Å². The molecule has 0 aromatic carbocycles. The van der Waals surface area contributed by atoms with Crippen LogP contribution in [0.2, 0.25) is 0 Å². The molecule has 0 aliphatic heterocycles. The Balaban J connectivity index is 2.48. The molecular weight excluding hydrogens is 206 g/mol. The molecular formula is C16H25N. The van der Waals surface area contributed by atoms with E-state index in [0.29, 0.717) is 12.0 Å². The van der Waals surface area contributed by atoms with E-state index in [-0.39, 0.29) is 0 Å². The Morgan fingerprint density at radius 3 is 3.12 bits per heavy atom. The van der Waals surface area contributed by atoms with Gasteiger partial charge in [-0.15, -0.1) is 6.58 Å². The number of hydrogen-bond donors (Lipinski definition) is 1. The van der Waals surface area contributed by atoms with Gasteiger partial charge < -0.3 is 5.32 Å². The minimum Gasteiger partial charge on any atom is -0.382 e. The number of hydrogen-bond acceptors (Lipinski definition) is 1. The summed E-state index contributed by atoms with van der Waals surface area (Å²) in [6, 6.07) is 0.488. The van der Waals surface area contributed by atoms with Crippen molar-refractivity contribution in [3.05, 3.63) is 48.7 Å². The van der Waals surface area contributed by atoms with E-state index >= 15 is 0 Å². The Morgan fingerprint density at radius 2 is 2.35 bits per heavy atom. The molecule has 0 radical (unpaired) electrons. The van der Waals surface area contributed by atoms with E-state index in [1.54, 1.807) is 0 Å². The fraction of sp³-hybridized carbons (Fsp3) is 0.500. The summed E-state index contributed by atoms with van der Waals surface area (Å²) < 4.78 is 0. The highest BCUT2D eigenvalue weighted by Gasteiger charge is 2.15. The van der Waals surface area contributed by atoms with E-state index in [1.165, 1.54) is 25.0 Å². The van der Waals surface area contributed by atoms with Crippen LogP contribution < -0.4 is 5.32 Å². The quantitative estimate of drug-likeness (QED) is 0.547. The second-order valence-electron chi connectivity index (χ2n) is 4.81. The molecule has 1 heteroatoms. The Kier molecular flexibility index (Phi) is 6.46. The maximum Gasteiger partial charge on any atom is 0.0466 e. The maximum absolute atomic E-state index is 3.69. The first-order chi connectivity index (χ1) is 8.24. The van der Waals surface area contributed by atoms with Crippen molar-refractivity contribution in [2.24, 2.45) is 5.92 Å². The molecule has 0 saturated carbocycles. The first kappa shape index (κ1) is 13.8. The standard InChI is InChI=1S/C16H25N/c1-4-5-6-9-12-15(3)17-16-13-10-7-8-11-14(16)2/h4,6,9-10,12-14,16-17H,1,5,7-8,11H2,2-3H3/b9-6-,15-12+. The van der Waals surface area contributed by atoms with Crippen molar-refractivity contribution in [1.29, 1.82) is 0 Å². The highest BCUT2D eigenvalue weighted by atomic mass is 14.9. The molecule has 1 aliphatic rings. The highest BCUT2D eigenvalue weighted by molar-refractivity contribution is 5.13. The average molecular weight is 231 g/mol. The second-order valence-corrected chi connectivity index (χ2v) is 4.81. The third-order valence-electron chi connectivity index (χ3n) is 3.17. The van der Waals surface area contributed by atoms with Crippen LogP contribution in [-0.4, -0.2) is 6.04 Å². The van der Waals surface area contributed by atoms with Gasteiger partial charge in [0.05, 0.1) is 0 Å². The SMILES string of the molecule is C=CC/C=C\C=C(/C)NC1C=CCCCC1C.